The van der Waals surface area contributed by atoms with Gasteiger partial charge in [0, 0.05) is 11.1 Å². The summed E-state index contributed by atoms with van der Waals surface area (Å²) in [5.41, 5.74) is 7.60. The molecule has 25 heavy (non-hydrogen) atoms. The van der Waals surface area contributed by atoms with Gasteiger partial charge in [0.2, 0.25) is 0 Å². The summed E-state index contributed by atoms with van der Waals surface area (Å²) in [5, 5.41) is 0. The third-order valence-electron chi connectivity index (χ3n) is 5.10. The monoisotopic (exact) mass is 330 g/mol. The van der Waals surface area contributed by atoms with Crippen LogP contribution in [-0.2, 0) is 4.79 Å². The third-order valence-corrected chi connectivity index (χ3v) is 5.10. The van der Waals surface area contributed by atoms with Crippen molar-refractivity contribution in [3.05, 3.63) is 64.7 Å². The number of allylic oxidation sites excluding steroid dienone is 1. The first-order valence-corrected chi connectivity index (χ1v) is 8.63. The Balaban J connectivity index is 1.99. The van der Waals surface area contributed by atoms with Crippen LogP contribution in [0.15, 0.2) is 47.5 Å². The van der Waals surface area contributed by atoms with Gasteiger partial charge in [-0.1, -0.05) is 35.9 Å². The number of nitrogens with zero attached hydrogens (tertiary/aromatic N) is 2. The Morgan fingerprint density at radius 2 is 1.64 bits per heavy atom. The second-order valence-electron chi connectivity index (χ2n) is 7.57. The molecular weight excluding hydrogens is 308 g/mol. The molecule has 126 valence electrons. The number of hydrogen-bond donors (Lipinski definition) is 0. The van der Waals surface area contributed by atoms with Crippen molar-refractivity contribution in [2.24, 2.45) is 4.99 Å². The summed E-state index contributed by atoms with van der Waals surface area (Å²) in [6.45, 7) is 10.4. The SMILES string of the molecule is CC1=CC(C)(C)N2C(=O)C(=Nc3ccc(C)cc3)c3c(C)ccc1c32. The Morgan fingerprint density at radius 3 is 2.32 bits per heavy atom. The van der Waals surface area contributed by atoms with Crippen LogP contribution in [-0.4, -0.2) is 17.2 Å². The highest BCUT2D eigenvalue weighted by molar-refractivity contribution is 6.56. The second kappa shape index (κ2) is 5.16. The Hall–Kier alpha value is -2.68. The molecule has 2 aliphatic heterocycles. The number of aliphatic imine (C=N–C) groups is 1. The Bertz CT molecular complexity index is 962. The second-order valence-corrected chi connectivity index (χ2v) is 7.57. The highest BCUT2D eigenvalue weighted by Crippen LogP contribution is 2.46. The zero-order valence-corrected chi connectivity index (χ0v) is 15.3. The maximum absolute atomic E-state index is 13.3. The molecule has 0 radical (unpaired) electrons. The topological polar surface area (TPSA) is 32.7 Å². The van der Waals surface area contributed by atoms with E-state index in [4.69, 9.17) is 4.99 Å². The number of hydrogen-bond acceptors (Lipinski definition) is 2. The molecule has 0 fully saturated rings. The van der Waals surface area contributed by atoms with E-state index in [2.05, 4.69) is 45.9 Å². The number of anilines is 1. The predicted molar refractivity (Wildman–Crippen MR) is 104 cm³/mol. The van der Waals surface area contributed by atoms with Gasteiger partial charge in [0.1, 0.15) is 5.71 Å². The molecule has 0 aliphatic carbocycles. The smallest absolute Gasteiger partial charge is 0.278 e. The summed E-state index contributed by atoms with van der Waals surface area (Å²) in [4.78, 5) is 19.9. The first-order chi connectivity index (χ1) is 11.8. The number of amides is 1. The molecule has 0 atom stereocenters. The van der Waals surface area contributed by atoms with Crippen molar-refractivity contribution >= 4 is 28.6 Å². The summed E-state index contributed by atoms with van der Waals surface area (Å²) in [7, 11) is 0. The van der Waals surface area contributed by atoms with E-state index >= 15 is 0 Å². The first-order valence-electron chi connectivity index (χ1n) is 8.63. The van der Waals surface area contributed by atoms with Gasteiger partial charge in [-0.2, -0.15) is 0 Å². The lowest BCUT2D eigenvalue weighted by Gasteiger charge is -2.38. The van der Waals surface area contributed by atoms with E-state index in [0.717, 1.165) is 28.1 Å². The normalized spacial score (nSPS) is 19.2. The summed E-state index contributed by atoms with van der Waals surface area (Å²) in [5.74, 6) is -0.0140. The Kier molecular flexibility index (Phi) is 3.26. The molecule has 3 heteroatoms. The van der Waals surface area contributed by atoms with E-state index in [9.17, 15) is 4.79 Å². The Morgan fingerprint density at radius 1 is 0.960 bits per heavy atom. The fourth-order valence-electron chi connectivity index (χ4n) is 3.93. The summed E-state index contributed by atoms with van der Waals surface area (Å²) in [6.07, 6.45) is 2.17. The lowest BCUT2D eigenvalue weighted by atomic mass is 9.88. The highest BCUT2D eigenvalue weighted by atomic mass is 16.2. The number of benzene rings is 2. The van der Waals surface area contributed by atoms with Crippen LogP contribution < -0.4 is 4.90 Å². The average molecular weight is 330 g/mol. The molecule has 4 rings (SSSR count). The van der Waals surface area contributed by atoms with Gasteiger partial charge < -0.3 is 0 Å². The van der Waals surface area contributed by atoms with Crippen molar-refractivity contribution in [3.8, 4) is 0 Å². The van der Waals surface area contributed by atoms with Crippen LogP contribution in [0.3, 0.4) is 0 Å². The molecular formula is C22H22N2O. The average Bonchev–Trinajstić information content (AvgIpc) is 2.83. The van der Waals surface area contributed by atoms with Crippen LogP contribution >= 0.6 is 0 Å². The van der Waals surface area contributed by atoms with E-state index in [1.54, 1.807) is 0 Å². The van der Waals surface area contributed by atoms with Crippen molar-refractivity contribution in [1.29, 1.82) is 0 Å². The lowest BCUT2D eigenvalue weighted by Crippen LogP contribution is -2.47. The van der Waals surface area contributed by atoms with Crippen molar-refractivity contribution in [2.45, 2.75) is 40.2 Å². The number of carbonyl (C=O) groups excluding carboxylic acids is 1. The molecule has 1 amide bonds. The van der Waals surface area contributed by atoms with E-state index in [1.807, 2.05) is 36.1 Å². The highest BCUT2D eigenvalue weighted by Gasteiger charge is 2.45. The third kappa shape index (κ3) is 2.26. The van der Waals surface area contributed by atoms with Gasteiger partial charge in [-0.25, -0.2) is 4.99 Å². The van der Waals surface area contributed by atoms with Crippen LogP contribution in [0.2, 0.25) is 0 Å². The van der Waals surface area contributed by atoms with Crippen LogP contribution in [0.25, 0.3) is 5.57 Å². The van der Waals surface area contributed by atoms with Crippen LogP contribution in [0.1, 0.15) is 43.0 Å². The zero-order chi connectivity index (χ0) is 17.9. The molecule has 0 saturated carbocycles. The molecule has 2 aromatic rings. The minimum atomic E-state index is -0.360. The molecule has 2 aromatic carbocycles. The van der Waals surface area contributed by atoms with Crippen LogP contribution in [0.4, 0.5) is 11.4 Å². The molecule has 3 nitrogen and oxygen atoms in total. The zero-order valence-electron chi connectivity index (χ0n) is 15.3. The fraction of sp³-hybridized carbons (Fsp3) is 0.273. The molecule has 2 heterocycles. The largest absolute Gasteiger partial charge is 0.297 e. The molecule has 0 N–H and O–H groups in total. The van der Waals surface area contributed by atoms with Crippen molar-refractivity contribution in [2.75, 3.05) is 4.90 Å². The minimum Gasteiger partial charge on any atom is -0.297 e. The lowest BCUT2D eigenvalue weighted by molar-refractivity contribution is -0.112. The van der Waals surface area contributed by atoms with Gasteiger partial charge in [0.15, 0.2) is 0 Å². The molecule has 0 saturated heterocycles. The van der Waals surface area contributed by atoms with Gasteiger partial charge >= 0.3 is 0 Å². The van der Waals surface area contributed by atoms with E-state index in [-0.39, 0.29) is 11.4 Å². The van der Waals surface area contributed by atoms with Gasteiger partial charge in [0.25, 0.3) is 5.91 Å². The molecule has 0 spiro atoms. The van der Waals surface area contributed by atoms with E-state index in [0.29, 0.717) is 5.71 Å². The minimum absolute atomic E-state index is 0.0140. The number of carbonyl (C=O) groups is 1. The maximum Gasteiger partial charge on any atom is 0.278 e. The molecule has 2 aliphatic rings. The number of aryl methyl sites for hydroxylation is 2. The van der Waals surface area contributed by atoms with Gasteiger partial charge in [-0.15, -0.1) is 0 Å². The quantitative estimate of drug-likeness (QED) is 0.727. The van der Waals surface area contributed by atoms with Crippen molar-refractivity contribution < 1.29 is 4.79 Å². The fourth-order valence-corrected chi connectivity index (χ4v) is 3.93. The molecule has 0 aromatic heterocycles. The van der Waals surface area contributed by atoms with Crippen molar-refractivity contribution in [1.82, 2.24) is 0 Å². The van der Waals surface area contributed by atoms with E-state index in [1.165, 1.54) is 11.1 Å². The predicted octanol–water partition coefficient (Wildman–Crippen LogP) is 4.97. The molecule has 0 unspecified atom stereocenters. The van der Waals surface area contributed by atoms with Gasteiger partial charge in [0.05, 0.1) is 16.9 Å². The summed E-state index contributed by atoms with van der Waals surface area (Å²) >= 11 is 0. The van der Waals surface area contributed by atoms with Gasteiger partial charge in [-0.3, -0.25) is 9.69 Å². The van der Waals surface area contributed by atoms with E-state index < -0.39 is 0 Å². The Labute approximate surface area is 148 Å². The van der Waals surface area contributed by atoms with Crippen LogP contribution in [0, 0.1) is 13.8 Å². The maximum atomic E-state index is 13.3. The van der Waals surface area contributed by atoms with Crippen LogP contribution in [0.5, 0.6) is 0 Å². The number of rotatable bonds is 1. The summed E-state index contributed by atoms with van der Waals surface area (Å²) < 4.78 is 0. The standard InChI is InChI=1S/C22H22N2O/c1-13-6-9-16(10-7-13)23-19-18-14(2)8-11-17-15(3)12-22(4,5)24(20(17)18)21(19)25/h6-12H,1-5H3. The first kappa shape index (κ1) is 15.8. The van der Waals surface area contributed by atoms with Crippen molar-refractivity contribution in [3.63, 3.8) is 0 Å². The summed E-state index contributed by atoms with van der Waals surface area (Å²) in [6, 6.07) is 12.2. The molecule has 0 bridgehead atoms. The van der Waals surface area contributed by atoms with Gasteiger partial charge in [-0.05, 0) is 57.9 Å².